The molecule has 0 aliphatic rings. The minimum absolute atomic E-state index is 1.07. The first-order chi connectivity index (χ1) is 49.6. The van der Waals surface area contributed by atoms with Crippen molar-refractivity contribution in [3.05, 3.63) is 388 Å². The Bertz CT molecular complexity index is 5890. The minimum Gasteiger partial charge on any atom is -0.311 e. The lowest BCUT2D eigenvalue weighted by Gasteiger charge is -2.26. The molecule has 0 aliphatic carbocycles. The van der Waals surface area contributed by atoms with Gasteiger partial charge in [-0.15, -0.1) is 0 Å². The van der Waals surface area contributed by atoms with Crippen LogP contribution in [0.4, 0.5) is 17.1 Å². The molecule has 0 N–H and O–H groups in total. The quantitative estimate of drug-likeness (QED) is 0.113. The van der Waals surface area contributed by atoms with Gasteiger partial charge in [0.2, 0.25) is 0 Å². The van der Waals surface area contributed by atoms with E-state index in [-0.39, 0.29) is 0 Å². The molecule has 0 amide bonds. The number of hydrogen-bond acceptors (Lipinski definition) is 1. The van der Waals surface area contributed by atoms with Crippen molar-refractivity contribution in [2.24, 2.45) is 0 Å². The first-order valence-corrected chi connectivity index (χ1v) is 34.4. The highest BCUT2D eigenvalue weighted by atomic mass is 15.1. The molecule has 0 atom stereocenters. The monoisotopic (exact) mass is 1270 g/mol. The summed E-state index contributed by atoms with van der Waals surface area (Å²) in [6, 6.07) is 142. The maximum absolute atomic E-state index is 2.45. The molecule has 19 aromatic rings. The summed E-state index contributed by atoms with van der Waals surface area (Å²) in [5, 5.41) is 7.34. The van der Waals surface area contributed by atoms with E-state index in [1.807, 2.05) is 0 Å². The third-order valence-corrected chi connectivity index (χ3v) is 20.3. The fourth-order valence-electron chi connectivity index (χ4n) is 15.3. The zero-order chi connectivity index (χ0) is 66.0. The number of rotatable bonds is 13. The van der Waals surface area contributed by atoms with Crippen LogP contribution < -0.4 is 4.90 Å². The first kappa shape index (κ1) is 58.1. The van der Waals surface area contributed by atoms with Gasteiger partial charge in [0, 0.05) is 66.4 Å². The fraction of sp³-hybridized carbons (Fsp3) is 0. The van der Waals surface area contributed by atoms with E-state index in [2.05, 4.69) is 407 Å². The molecule has 0 fully saturated rings. The van der Waals surface area contributed by atoms with Crippen LogP contribution in [0.25, 0.3) is 160 Å². The smallest absolute Gasteiger partial charge is 0.0541 e. The van der Waals surface area contributed by atoms with Crippen LogP contribution in [-0.2, 0) is 0 Å². The molecule has 4 heteroatoms. The lowest BCUT2D eigenvalue weighted by Crippen LogP contribution is -2.09. The fourth-order valence-corrected chi connectivity index (χ4v) is 15.3. The van der Waals surface area contributed by atoms with Crippen molar-refractivity contribution in [2.45, 2.75) is 0 Å². The Labute approximate surface area is 580 Å². The predicted molar refractivity (Wildman–Crippen MR) is 422 cm³/mol. The second kappa shape index (κ2) is 24.4. The molecular formula is C96H64N4. The summed E-state index contributed by atoms with van der Waals surface area (Å²) in [6.07, 6.45) is 0. The highest BCUT2D eigenvalue weighted by Crippen LogP contribution is 2.44. The molecule has 0 saturated carbocycles. The van der Waals surface area contributed by atoms with E-state index >= 15 is 0 Å². The van der Waals surface area contributed by atoms with Crippen LogP contribution in [0.15, 0.2) is 388 Å². The van der Waals surface area contributed by atoms with Gasteiger partial charge in [0.25, 0.3) is 0 Å². The Hall–Kier alpha value is -13.3. The van der Waals surface area contributed by atoms with Crippen LogP contribution in [0.2, 0.25) is 0 Å². The second-order valence-corrected chi connectivity index (χ2v) is 26.0. The molecule has 100 heavy (non-hydrogen) atoms. The van der Waals surface area contributed by atoms with Gasteiger partial charge in [-0.05, 0) is 211 Å². The third kappa shape index (κ3) is 10.2. The number of hydrogen-bond donors (Lipinski definition) is 0. The van der Waals surface area contributed by atoms with Crippen molar-refractivity contribution in [1.29, 1.82) is 0 Å². The van der Waals surface area contributed by atoms with E-state index in [4.69, 9.17) is 0 Å². The van der Waals surface area contributed by atoms with Crippen LogP contribution in [0, 0.1) is 0 Å². The molecule has 0 unspecified atom stereocenters. The summed E-state index contributed by atoms with van der Waals surface area (Å²) in [5.41, 5.74) is 30.3. The van der Waals surface area contributed by atoms with E-state index in [9.17, 15) is 0 Å². The SMILES string of the molecule is c1ccc(-c2ccc(-c3ccc(N(c4ccc(-c5ccc(-c6ccccc6)cc5)cc4)c4ccc(-c5ccc(-n6c7ccc(-c8ccc9c(c8)c8ccccc8n9-c8ccccc8)cc7c7cc(-c8ccc9c(c8)c8ccccc8n9-c8ccccc8)ccc76)cc5)cc4)cc3)cc2)cc1. The summed E-state index contributed by atoms with van der Waals surface area (Å²) in [6.45, 7) is 0. The van der Waals surface area contributed by atoms with Gasteiger partial charge >= 0.3 is 0 Å². The Balaban J connectivity index is 0.682. The lowest BCUT2D eigenvalue weighted by atomic mass is 9.98. The molecule has 0 radical (unpaired) electrons. The van der Waals surface area contributed by atoms with Crippen molar-refractivity contribution in [3.8, 4) is 95.0 Å². The lowest BCUT2D eigenvalue weighted by molar-refractivity contribution is 1.18. The van der Waals surface area contributed by atoms with Crippen molar-refractivity contribution < 1.29 is 0 Å². The number of anilines is 3. The van der Waals surface area contributed by atoms with E-state index in [0.29, 0.717) is 0 Å². The predicted octanol–water partition coefficient (Wildman–Crippen LogP) is 26.1. The third-order valence-electron chi connectivity index (χ3n) is 20.3. The summed E-state index contributed by atoms with van der Waals surface area (Å²) < 4.78 is 7.23. The number of aromatic nitrogens is 3. The molecule has 3 aromatic heterocycles. The molecule has 16 aromatic carbocycles. The topological polar surface area (TPSA) is 18.0 Å². The van der Waals surface area contributed by atoms with Gasteiger partial charge in [-0.3, -0.25) is 0 Å². The van der Waals surface area contributed by atoms with E-state index in [1.54, 1.807) is 0 Å². The molecule has 468 valence electrons. The average molecular weight is 1270 g/mol. The van der Waals surface area contributed by atoms with E-state index in [0.717, 1.165) is 56.3 Å². The molecule has 0 aliphatic heterocycles. The summed E-state index contributed by atoms with van der Waals surface area (Å²) in [5.74, 6) is 0. The number of nitrogens with zero attached hydrogens (tertiary/aromatic N) is 4. The average Bonchev–Trinajstić information content (AvgIpc) is 1.58. The van der Waals surface area contributed by atoms with Gasteiger partial charge in [0.05, 0.1) is 33.1 Å². The molecule has 0 saturated heterocycles. The summed E-state index contributed by atoms with van der Waals surface area (Å²) in [4.78, 5) is 2.36. The molecule has 0 spiro atoms. The molecular weight excluding hydrogens is 1210 g/mol. The standard InChI is InChI=1S/C96H64N4/c1-5-17-65(18-6-1)67-29-33-69(34-30-67)71-37-49-81(50-38-71)97(82-51-39-72(40-52-82)70-35-31-68(32-36-70)66-19-7-2-8-20-66)83-53-41-73(42-54-83)74-43-55-84(56-44-74)100-95-59-47-77(75-45-57-93-87(61-75)85-25-13-15-27-91(85)98(93)79-21-9-3-10-22-79)63-89(95)90-64-78(48-60-96(90)100)76-46-58-94-88(62-76)86-26-14-16-28-92(86)99(94)80-23-11-4-12-24-80/h1-64H. The number of para-hydroxylation sites is 4. The Morgan fingerprint density at radius 3 is 0.640 bits per heavy atom. The van der Waals surface area contributed by atoms with Gasteiger partial charge < -0.3 is 18.6 Å². The maximum Gasteiger partial charge on any atom is 0.0541 e. The van der Waals surface area contributed by atoms with Crippen molar-refractivity contribution in [1.82, 2.24) is 13.7 Å². The normalized spacial score (nSPS) is 11.6. The largest absolute Gasteiger partial charge is 0.311 e. The molecule has 0 bridgehead atoms. The number of benzene rings is 16. The summed E-state index contributed by atoms with van der Waals surface area (Å²) >= 11 is 0. The van der Waals surface area contributed by atoms with Crippen LogP contribution in [0.5, 0.6) is 0 Å². The van der Waals surface area contributed by atoms with Crippen LogP contribution in [-0.4, -0.2) is 13.7 Å². The zero-order valence-electron chi connectivity index (χ0n) is 54.7. The van der Waals surface area contributed by atoms with Gasteiger partial charge in [-0.1, -0.05) is 255 Å². The zero-order valence-corrected chi connectivity index (χ0v) is 54.7. The van der Waals surface area contributed by atoms with E-state index < -0.39 is 0 Å². The van der Waals surface area contributed by atoms with Crippen molar-refractivity contribution >= 4 is 82.5 Å². The summed E-state index contributed by atoms with van der Waals surface area (Å²) in [7, 11) is 0. The van der Waals surface area contributed by atoms with Crippen molar-refractivity contribution in [3.63, 3.8) is 0 Å². The molecule has 3 heterocycles. The van der Waals surface area contributed by atoms with E-state index in [1.165, 1.54) is 121 Å². The maximum atomic E-state index is 2.45. The van der Waals surface area contributed by atoms with Gasteiger partial charge in [-0.25, -0.2) is 0 Å². The Morgan fingerprint density at radius 1 is 0.140 bits per heavy atom. The second-order valence-electron chi connectivity index (χ2n) is 26.0. The van der Waals surface area contributed by atoms with Gasteiger partial charge in [-0.2, -0.15) is 0 Å². The molecule has 19 rings (SSSR count). The van der Waals surface area contributed by atoms with Crippen LogP contribution in [0.1, 0.15) is 0 Å². The minimum atomic E-state index is 1.07. The van der Waals surface area contributed by atoms with Crippen molar-refractivity contribution in [2.75, 3.05) is 4.90 Å². The van der Waals surface area contributed by atoms with Gasteiger partial charge in [0.1, 0.15) is 0 Å². The highest BCUT2D eigenvalue weighted by Gasteiger charge is 2.21. The first-order valence-electron chi connectivity index (χ1n) is 34.4. The van der Waals surface area contributed by atoms with Crippen LogP contribution in [0.3, 0.4) is 0 Å². The van der Waals surface area contributed by atoms with Crippen LogP contribution >= 0.6 is 0 Å². The Kier molecular flexibility index (Phi) is 14.2. The number of fused-ring (bicyclic) bond motifs is 9. The van der Waals surface area contributed by atoms with Gasteiger partial charge in [0.15, 0.2) is 0 Å². The molecule has 4 nitrogen and oxygen atoms in total. The highest BCUT2D eigenvalue weighted by molar-refractivity contribution is 6.15. The Morgan fingerprint density at radius 2 is 0.340 bits per heavy atom.